The Morgan fingerprint density at radius 1 is 1.06 bits per heavy atom. The average Bonchev–Trinajstić information content (AvgIpc) is 2.30. The van der Waals surface area contributed by atoms with Gasteiger partial charge in [0.05, 0.1) is 14.2 Å². The molecule has 0 atom stereocenters. The van der Waals surface area contributed by atoms with E-state index >= 15 is 0 Å². The molecule has 1 aromatic carbocycles. The van der Waals surface area contributed by atoms with Gasteiger partial charge in [0.15, 0.2) is 0 Å². The Labute approximate surface area is 103 Å². The van der Waals surface area contributed by atoms with E-state index in [0.29, 0.717) is 0 Å². The SMILES string of the molecule is COc1cc(CCCCS)c(OC)cc1C. The van der Waals surface area contributed by atoms with Gasteiger partial charge in [-0.25, -0.2) is 0 Å². The molecule has 0 aliphatic heterocycles. The summed E-state index contributed by atoms with van der Waals surface area (Å²) in [5, 5.41) is 0. The van der Waals surface area contributed by atoms with Crippen molar-refractivity contribution in [3.63, 3.8) is 0 Å². The van der Waals surface area contributed by atoms with Gasteiger partial charge in [-0.05, 0) is 55.2 Å². The number of hydrogen-bond donors (Lipinski definition) is 1. The zero-order valence-corrected chi connectivity index (χ0v) is 11.1. The van der Waals surface area contributed by atoms with Crippen molar-refractivity contribution in [2.75, 3.05) is 20.0 Å². The topological polar surface area (TPSA) is 18.5 Å². The summed E-state index contributed by atoms with van der Waals surface area (Å²) >= 11 is 4.21. The lowest BCUT2D eigenvalue weighted by Crippen LogP contribution is -1.96. The average molecular weight is 240 g/mol. The second kappa shape index (κ2) is 6.69. The molecule has 90 valence electrons. The highest BCUT2D eigenvalue weighted by atomic mass is 32.1. The summed E-state index contributed by atoms with van der Waals surface area (Å²) in [4.78, 5) is 0. The fourth-order valence-corrected chi connectivity index (χ4v) is 1.96. The maximum atomic E-state index is 5.38. The maximum absolute atomic E-state index is 5.38. The van der Waals surface area contributed by atoms with Crippen LogP contribution in [-0.4, -0.2) is 20.0 Å². The molecule has 0 heterocycles. The minimum Gasteiger partial charge on any atom is -0.496 e. The minimum atomic E-state index is 0.932. The normalized spacial score (nSPS) is 10.2. The Kier molecular flexibility index (Phi) is 5.53. The van der Waals surface area contributed by atoms with Gasteiger partial charge >= 0.3 is 0 Å². The fourth-order valence-electron chi connectivity index (χ4n) is 1.74. The van der Waals surface area contributed by atoms with E-state index in [1.54, 1.807) is 14.2 Å². The Balaban J connectivity index is 2.86. The summed E-state index contributed by atoms with van der Waals surface area (Å²) in [6.07, 6.45) is 3.27. The van der Waals surface area contributed by atoms with E-state index in [0.717, 1.165) is 42.1 Å². The van der Waals surface area contributed by atoms with E-state index in [-0.39, 0.29) is 0 Å². The van der Waals surface area contributed by atoms with Crippen LogP contribution in [0.25, 0.3) is 0 Å². The Morgan fingerprint density at radius 3 is 2.31 bits per heavy atom. The highest BCUT2D eigenvalue weighted by Gasteiger charge is 2.07. The van der Waals surface area contributed by atoms with Crippen LogP contribution in [0.1, 0.15) is 24.0 Å². The van der Waals surface area contributed by atoms with Crippen molar-refractivity contribution in [1.29, 1.82) is 0 Å². The lowest BCUT2D eigenvalue weighted by Gasteiger charge is -2.12. The molecule has 0 amide bonds. The van der Waals surface area contributed by atoms with Crippen LogP contribution in [0.5, 0.6) is 11.5 Å². The van der Waals surface area contributed by atoms with Gasteiger partial charge in [0.2, 0.25) is 0 Å². The van der Waals surface area contributed by atoms with Crippen LogP contribution in [-0.2, 0) is 6.42 Å². The van der Waals surface area contributed by atoms with Gasteiger partial charge < -0.3 is 9.47 Å². The van der Waals surface area contributed by atoms with Crippen LogP contribution in [0.4, 0.5) is 0 Å². The Bertz CT molecular complexity index is 337. The van der Waals surface area contributed by atoms with Gasteiger partial charge in [-0.2, -0.15) is 12.6 Å². The molecule has 0 saturated heterocycles. The molecule has 16 heavy (non-hydrogen) atoms. The summed E-state index contributed by atoms with van der Waals surface area (Å²) < 4.78 is 10.7. The second-order valence-corrected chi connectivity index (χ2v) is 4.26. The molecule has 0 aliphatic rings. The quantitative estimate of drug-likeness (QED) is 0.608. The first-order chi connectivity index (χ1) is 7.72. The monoisotopic (exact) mass is 240 g/mol. The largest absolute Gasteiger partial charge is 0.496 e. The molecule has 0 unspecified atom stereocenters. The maximum Gasteiger partial charge on any atom is 0.122 e. The minimum absolute atomic E-state index is 0.932. The molecule has 2 nitrogen and oxygen atoms in total. The Morgan fingerprint density at radius 2 is 1.75 bits per heavy atom. The van der Waals surface area contributed by atoms with E-state index in [1.807, 2.05) is 13.0 Å². The van der Waals surface area contributed by atoms with E-state index in [2.05, 4.69) is 18.7 Å². The zero-order chi connectivity index (χ0) is 12.0. The van der Waals surface area contributed by atoms with Gasteiger partial charge in [-0.1, -0.05) is 0 Å². The lowest BCUT2D eigenvalue weighted by molar-refractivity contribution is 0.396. The number of rotatable bonds is 6. The number of unbranched alkanes of at least 4 members (excludes halogenated alkanes) is 1. The first-order valence-electron chi connectivity index (χ1n) is 5.55. The summed E-state index contributed by atoms with van der Waals surface area (Å²) in [5.41, 5.74) is 2.32. The molecule has 1 rings (SSSR count). The standard InChI is InChI=1S/C13H20O2S/c1-10-8-13(15-3)11(6-4-5-7-16)9-12(10)14-2/h8-9,16H,4-7H2,1-3H3. The van der Waals surface area contributed by atoms with Gasteiger partial charge in [0.25, 0.3) is 0 Å². The van der Waals surface area contributed by atoms with Gasteiger partial charge in [-0.3, -0.25) is 0 Å². The summed E-state index contributed by atoms with van der Waals surface area (Å²) in [5.74, 6) is 2.82. The predicted molar refractivity (Wildman–Crippen MR) is 71.1 cm³/mol. The van der Waals surface area contributed by atoms with Crippen molar-refractivity contribution in [2.45, 2.75) is 26.2 Å². The van der Waals surface area contributed by atoms with Crippen LogP contribution in [0.3, 0.4) is 0 Å². The fraction of sp³-hybridized carbons (Fsp3) is 0.538. The third-order valence-corrected chi connectivity index (χ3v) is 2.97. The molecule has 0 spiro atoms. The number of aryl methyl sites for hydroxylation is 2. The first-order valence-corrected chi connectivity index (χ1v) is 6.18. The van der Waals surface area contributed by atoms with E-state index in [4.69, 9.17) is 9.47 Å². The molecule has 0 fully saturated rings. The van der Waals surface area contributed by atoms with Gasteiger partial charge in [0.1, 0.15) is 11.5 Å². The lowest BCUT2D eigenvalue weighted by atomic mass is 10.0. The molecule has 0 saturated carbocycles. The van der Waals surface area contributed by atoms with Crippen molar-refractivity contribution >= 4 is 12.6 Å². The summed E-state index contributed by atoms with van der Waals surface area (Å²) in [6, 6.07) is 4.11. The van der Waals surface area contributed by atoms with E-state index in [1.165, 1.54) is 5.56 Å². The van der Waals surface area contributed by atoms with Crippen LogP contribution in [0.2, 0.25) is 0 Å². The van der Waals surface area contributed by atoms with Gasteiger partial charge in [-0.15, -0.1) is 0 Å². The van der Waals surface area contributed by atoms with Crippen LogP contribution in [0.15, 0.2) is 12.1 Å². The zero-order valence-electron chi connectivity index (χ0n) is 10.2. The third kappa shape index (κ3) is 3.34. The van der Waals surface area contributed by atoms with Crippen LogP contribution >= 0.6 is 12.6 Å². The second-order valence-electron chi connectivity index (χ2n) is 3.81. The number of ether oxygens (including phenoxy) is 2. The van der Waals surface area contributed by atoms with Crippen molar-refractivity contribution in [3.05, 3.63) is 23.3 Å². The molecule has 0 aromatic heterocycles. The number of thiol groups is 1. The third-order valence-electron chi connectivity index (χ3n) is 2.65. The predicted octanol–water partition coefficient (Wildman–Crippen LogP) is 3.26. The van der Waals surface area contributed by atoms with Crippen molar-refractivity contribution in [3.8, 4) is 11.5 Å². The molecule has 0 aliphatic carbocycles. The van der Waals surface area contributed by atoms with E-state index < -0.39 is 0 Å². The number of methoxy groups -OCH3 is 2. The summed E-state index contributed by atoms with van der Waals surface area (Å²) in [6.45, 7) is 2.03. The van der Waals surface area contributed by atoms with Crippen molar-refractivity contribution < 1.29 is 9.47 Å². The first kappa shape index (κ1) is 13.2. The molecule has 0 bridgehead atoms. The van der Waals surface area contributed by atoms with Gasteiger partial charge in [0, 0.05) is 0 Å². The molecule has 1 aromatic rings. The van der Waals surface area contributed by atoms with Crippen molar-refractivity contribution in [1.82, 2.24) is 0 Å². The number of benzene rings is 1. The molecular formula is C13H20O2S. The van der Waals surface area contributed by atoms with Crippen LogP contribution < -0.4 is 9.47 Å². The number of hydrogen-bond acceptors (Lipinski definition) is 3. The van der Waals surface area contributed by atoms with E-state index in [9.17, 15) is 0 Å². The molecule has 3 heteroatoms. The molecule has 0 radical (unpaired) electrons. The smallest absolute Gasteiger partial charge is 0.122 e. The van der Waals surface area contributed by atoms with Crippen molar-refractivity contribution in [2.24, 2.45) is 0 Å². The Hall–Kier alpha value is -0.830. The summed E-state index contributed by atoms with van der Waals surface area (Å²) in [7, 11) is 3.41. The highest BCUT2D eigenvalue weighted by molar-refractivity contribution is 7.80. The van der Waals surface area contributed by atoms with Crippen LogP contribution in [0, 0.1) is 6.92 Å². The molecular weight excluding hydrogens is 220 g/mol. The highest BCUT2D eigenvalue weighted by Crippen LogP contribution is 2.29. The molecule has 0 N–H and O–H groups in total.